The number of likely N-dealkylation sites (tertiary alicyclic amines) is 1. The van der Waals surface area contributed by atoms with Gasteiger partial charge in [-0.05, 0) is 73.5 Å². The van der Waals surface area contributed by atoms with Gasteiger partial charge in [-0.25, -0.2) is 9.29 Å². The summed E-state index contributed by atoms with van der Waals surface area (Å²) < 4.78 is 58.0. The molecule has 1 saturated carbocycles. The van der Waals surface area contributed by atoms with E-state index in [0.717, 1.165) is 40.1 Å². The van der Waals surface area contributed by atoms with Gasteiger partial charge in [0.25, 0.3) is 0 Å². The maximum Gasteiger partial charge on any atom is 0.573 e. The van der Waals surface area contributed by atoms with Gasteiger partial charge in [-0.3, -0.25) is 24.1 Å². The van der Waals surface area contributed by atoms with Crippen LogP contribution in [0, 0.1) is 34.9 Å². The molecule has 8 nitrogen and oxygen atoms in total. The van der Waals surface area contributed by atoms with Crippen molar-refractivity contribution in [1.82, 2.24) is 4.90 Å². The molecule has 3 fully saturated rings. The predicted molar refractivity (Wildman–Crippen MR) is 161 cm³/mol. The number of benzene rings is 2. The normalized spacial score (nSPS) is 28.7. The predicted octanol–water partition coefficient (Wildman–Crippen LogP) is 6.58. The fourth-order valence-corrected chi connectivity index (χ4v) is 8.84. The molecule has 14 heteroatoms. The zero-order chi connectivity index (χ0) is 33.6. The summed E-state index contributed by atoms with van der Waals surface area (Å²) in [7, 11) is 0. The monoisotopic (exact) mass is 688 g/mol. The molecule has 3 aromatic rings. The number of hydrogen-bond acceptors (Lipinski definition) is 7. The number of fused-ring (bicyclic) bond motifs is 4. The Kier molecular flexibility index (Phi) is 7.28. The van der Waals surface area contributed by atoms with Gasteiger partial charge in [0.05, 0.1) is 40.4 Å². The molecular formula is C33H25ClF4N2O6S. The highest BCUT2D eigenvalue weighted by Crippen LogP contribution is 2.64. The molecule has 47 heavy (non-hydrogen) atoms. The van der Waals surface area contributed by atoms with Crippen LogP contribution in [0.4, 0.5) is 23.2 Å². The van der Waals surface area contributed by atoms with Crippen molar-refractivity contribution < 1.29 is 46.6 Å². The molecule has 2 aromatic carbocycles. The highest BCUT2D eigenvalue weighted by atomic mass is 35.5. The van der Waals surface area contributed by atoms with Gasteiger partial charge in [0.2, 0.25) is 23.6 Å². The lowest BCUT2D eigenvalue weighted by Crippen LogP contribution is -2.48. The summed E-state index contributed by atoms with van der Waals surface area (Å²) in [6.07, 6.45) is -3.27. The van der Waals surface area contributed by atoms with Crippen LogP contribution >= 0.6 is 22.9 Å². The quantitative estimate of drug-likeness (QED) is 0.185. The van der Waals surface area contributed by atoms with Crippen LogP contribution in [0.15, 0.2) is 65.6 Å². The molecule has 4 amide bonds. The SMILES string of the molecule is CC12C(=O)N(c3ccc(F)c(Cl)c3)C(=O)C1CC1C(=CCC3C(=O)N(Cc4cccs4)C(=O)C31)C2c1cc(OC(F)(F)F)ccc1O. The molecule has 3 heterocycles. The molecule has 1 N–H and O–H groups in total. The van der Waals surface area contributed by atoms with Gasteiger partial charge >= 0.3 is 6.36 Å². The first-order chi connectivity index (χ1) is 22.2. The van der Waals surface area contributed by atoms with Crippen LogP contribution in [-0.2, 0) is 25.7 Å². The minimum Gasteiger partial charge on any atom is -0.508 e. The van der Waals surface area contributed by atoms with E-state index in [9.17, 15) is 41.8 Å². The first-order valence-corrected chi connectivity index (χ1v) is 16.0. The van der Waals surface area contributed by atoms with E-state index in [2.05, 4.69) is 4.74 Å². The molecule has 2 aliphatic carbocycles. The smallest absolute Gasteiger partial charge is 0.508 e. The van der Waals surface area contributed by atoms with Crippen LogP contribution in [0.1, 0.15) is 36.1 Å². The largest absolute Gasteiger partial charge is 0.573 e. The zero-order valence-electron chi connectivity index (χ0n) is 24.5. The molecule has 6 unspecified atom stereocenters. The summed E-state index contributed by atoms with van der Waals surface area (Å²) in [5.74, 6) is -8.85. The number of halogens is 5. The fraction of sp³-hybridized carbons (Fsp3) is 0.333. The number of carbonyl (C=O) groups is 4. The van der Waals surface area contributed by atoms with Crippen LogP contribution in [0.2, 0.25) is 5.02 Å². The summed E-state index contributed by atoms with van der Waals surface area (Å²) in [6, 6.07) is 9.86. The van der Waals surface area contributed by atoms with E-state index in [1.54, 1.807) is 18.2 Å². The third-order valence-electron chi connectivity index (χ3n) is 9.96. The number of anilines is 1. The lowest BCUT2D eigenvalue weighted by molar-refractivity contribution is -0.274. The first kappa shape index (κ1) is 31.4. The Labute approximate surface area is 274 Å². The standard InChI is InChI=1S/C33H25ClF4N2O6S/c1-32-22(29(43)40(31(32)45)15-4-8-24(35)23(34)11-15)13-20-18(27(32)21-12-16(5-9-25(21)41)46-33(36,37)38)6-7-19-26(20)30(44)39(28(19)42)14-17-3-2-10-47-17/h2-6,8-12,19-20,22,26-27,41H,7,13-14H2,1H3. The minimum absolute atomic E-state index is 0.0109. The van der Waals surface area contributed by atoms with Gasteiger partial charge in [0.15, 0.2) is 0 Å². The Bertz CT molecular complexity index is 1880. The number of imide groups is 2. The molecule has 2 saturated heterocycles. The number of hydrogen-bond donors (Lipinski definition) is 1. The Hall–Kier alpha value is -4.23. The third-order valence-corrected chi connectivity index (χ3v) is 11.1. The van der Waals surface area contributed by atoms with Crippen molar-refractivity contribution in [3.05, 3.63) is 86.8 Å². The number of ether oxygens (including phenoxy) is 1. The molecule has 2 aliphatic heterocycles. The second-order valence-electron chi connectivity index (χ2n) is 12.4. The van der Waals surface area contributed by atoms with E-state index in [1.807, 2.05) is 5.38 Å². The average Bonchev–Trinajstić information content (AvgIpc) is 3.66. The van der Waals surface area contributed by atoms with Gasteiger partial charge in [-0.1, -0.05) is 29.3 Å². The van der Waals surface area contributed by atoms with Crippen molar-refractivity contribution >= 4 is 52.3 Å². The number of thiophene rings is 1. The van der Waals surface area contributed by atoms with Crippen LogP contribution in [0.5, 0.6) is 11.5 Å². The average molecular weight is 689 g/mol. The van der Waals surface area contributed by atoms with E-state index in [1.165, 1.54) is 29.2 Å². The Morgan fingerprint density at radius 1 is 1.04 bits per heavy atom. The minimum atomic E-state index is -5.06. The Morgan fingerprint density at radius 3 is 2.49 bits per heavy atom. The van der Waals surface area contributed by atoms with Gasteiger partial charge in [0.1, 0.15) is 17.3 Å². The van der Waals surface area contributed by atoms with Crippen molar-refractivity contribution in [3.63, 3.8) is 0 Å². The molecule has 6 atom stereocenters. The maximum atomic E-state index is 14.4. The third kappa shape index (κ3) is 4.85. The van der Waals surface area contributed by atoms with E-state index < -0.39 is 76.4 Å². The van der Waals surface area contributed by atoms with E-state index >= 15 is 0 Å². The number of amides is 4. The van der Waals surface area contributed by atoms with Crippen LogP contribution in [-0.4, -0.2) is 40.0 Å². The number of aromatic hydroxyl groups is 1. The molecule has 0 radical (unpaired) electrons. The summed E-state index contributed by atoms with van der Waals surface area (Å²) in [5, 5.41) is 12.6. The number of carbonyl (C=O) groups excluding carboxylic acids is 4. The van der Waals surface area contributed by atoms with Crippen molar-refractivity contribution in [1.29, 1.82) is 0 Å². The van der Waals surface area contributed by atoms with Gasteiger partial charge < -0.3 is 9.84 Å². The fourth-order valence-electron chi connectivity index (χ4n) is 7.97. The van der Waals surface area contributed by atoms with Crippen LogP contribution in [0.3, 0.4) is 0 Å². The van der Waals surface area contributed by atoms with E-state index in [4.69, 9.17) is 11.6 Å². The Balaban J connectivity index is 1.37. The number of phenols is 1. The lowest BCUT2D eigenvalue weighted by atomic mass is 9.51. The molecule has 0 spiro atoms. The molecule has 7 rings (SSSR count). The van der Waals surface area contributed by atoms with Crippen molar-refractivity contribution in [3.8, 4) is 11.5 Å². The summed E-state index contributed by atoms with van der Waals surface area (Å²) >= 11 is 7.39. The zero-order valence-corrected chi connectivity index (χ0v) is 26.0. The van der Waals surface area contributed by atoms with Gasteiger partial charge in [-0.2, -0.15) is 0 Å². The molecule has 244 valence electrons. The summed E-state index contributed by atoms with van der Waals surface area (Å²) in [5.41, 5.74) is -1.34. The topological polar surface area (TPSA) is 104 Å². The second-order valence-corrected chi connectivity index (χ2v) is 13.8. The second kappa shape index (κ2) is 10.9. The van der Waals surface area contributed by atoms with Gasteiger partial charge in [0, 0.05) is 16.4 Å². The van der Waals surface area contributed by atoms with Crippen LogP contribution < -0.4 is 9.64 Å². The van der Waals surface area contributed by atoms with Crippen LogP contribution in [0.25, 0.3) is 0 Å². The van der Waals surface area contributed by atoms with Gasteiger partial charge in [-0.15, -0.1) is 24.5 Å². The number of phenolic OH excluding ortho intramolecular Hbond substituents is 1. The maximum absolute atomic E-state index is 14.4. The summed E-state index contributed by atoms with van der Waals surface area (Å²) in [4.78, 5) is 59.1. The highest BCUT2D eigenvalue weighted by Gasteiger charge is 2.68. The van der Waals surface area contributed by atoms with Crippen molar-refractivity contribution in [2.45, 2.75) is 38.6 Å². The Morgan fingerprint density at radius 2 is 1.81 bits per heavy atom. The summed E-state index contributed by atoms with van der Waals surface area (Å²) in [6.45, 7) is 1.57. The first-order valence-electron chi connectivity index (χ1n) is 14.7. The molecule has 1 aromatic heterocycles. The highest BCUT2D eigenvalue weighted by molar-refractivity contribution is 7.09. The number of alkyl halides is 3. The van der Waals surface area contributed by atoms with Crippen molar-refractivity contribution in [2.24, 2.45) is 29.1 Å². The van der Waals surface area contributed by atoms with E-state index in [0.29, 0.717) is 5.57 Å². The lowest BCUT2D eigenvalue weighted by Gasteiger charge is -2.49. The molecule has 4 aliphatic rings. The molecule has 0 bridgehead atoms. The number of rotatable bonds is 5. The number of allylic oxidation sites excluding steroid dienone is 2. The van der Waals surface area contributed by atoms with Crippen molar-refractivity contribution in [2.75, 3.05) is 4.90 Å². The van der Waals surface area contributed by atoms with E-state index in [-0.39, 0.29) is 41.6 Å². The molecular weight excluding hydrogens is 664 g/mol. The number of nitrogens with zero attached hydrogens (tertiary/aromatic N) is 2.